The molecule has 1 atom stereocenters. The Labute approximate surface area is 162 Å². The number of nitrogens with zero attached hydrogens (tertiary/aromatic N) is 2. The molecule has 0 bridgehead atoms. The zero-order chi connectivity index (χ0) is 20.9. The number of rotatable bonds is 7. The summed E-state index contributed by atoms with van der Waals surface area (Å²) >= 11 is 0. The average Bonchev–Trinajstić information content (AvgIpc) is 2.65. The van der Waals surface area contributed by atoms with Crippen molar-refractivity contribution in [1.29, 1.82) is 5.26 Å². The lowest BCUT2D eigenvalue weighted by Crippen LogP contribution is -2.25. The first-order valence-corrected chi connectivity index (χ1v) is 10.1. The number of benzene rings is 1. The standard InChI is InChI=1S/C18H20N4O5S/c1-11(10-23)27-18-14(8-19)15(20)7-16(22-18)17(24)21-9-12-3-5-13(6-4-12)28(2,25)26/h3-7,11,23H,9-10H2,1-2H3,(H2,20,22)(H,21,24)/t11-/m0/s1. The molecule has 0 spiro atoms. The van der Waals surface area contributed by atoms with Crippen molar-refractivity contribution < 1.29 is 23.1 Å². The molecule has 1 aromatic carbocycles. The van der Waals surface area contributed by atoms with Crippen LogP contribution < -0.4 is 15.8 Å². The van der Waals surface area contributed by atoms with Crippen molar-refractivity contribution >= 4 is 21.4 Å². The highest BCUT2D eigenvalue weighted by molar-refractivity contribution is 7.90. The molecule has 0 saturated carbocycles. The van der Waals surface area contributed by atoms with Gasteiger partial charge in [0.05, 0.1) is 17.2 Å². The van der Waals surface area contributed by atoms with E-state index in [0.29, 0.717) is 5.56 Å². The van der Waals surface area contributed by atoms with Crippen molar-refractivity contribution in [2.45, 2.75) is 24.5 Å². The molecule has 0 radical (unpaired) electrons. The minimum Gasteiger partial charge on any atom is -0.471 e. The Bertz CT molecular complexity index is 1010. The predicted octanol–water partition coefficient (Wildman–Crippen LogP) is 0.629. The van der Waals surface area contributed by atoms with Gasteiger partial charge in [0, 0.05) is 12.8 Å². The summed E-state index contributed by atoms with van der Waals surface area (Å²) < 4.78 is 28.3. The number of nitriles is 1. The zero-order valence-corrected chi connectivity index (χ0v) is 16.2. The van der Waals surface area contributed by atoms with E-state index in [9.17, 15) is 18.5 Å². The Hall–Kier alpha value is -3.16. The van der Waals surface area contributed by atoms with E-state index in [1.54, 1.807) is 19.1 Å². The van der Waals surface area contributed by atoms with Crippen molar-refractivity contribution in [1.82, 2.24) is 10.3 Å². The van der Waals surface area contributed by atoms with E-state index in [-0.39, 0.29) is 40.9 Å². The lowest BCUT2D eigenvalue weighted by molar-refractivity contribution is 0.0941. The van der Waals surface area contributed by atoms with Gasteiger partial charge in [0.2, 0.25) is 5.88 Å². The van der Waals surface area contributed by atoms with E-state index in [1.165, 1.54) is 18.2 Å². The van der Waals surface area contributed by atoms with E-state index in [4.69, 9.17) is 15.6 Å². The van der Waals surface area contributed by atoms with Crippen molar-refractivity contribution in [3.05, 3.63) is 47.2 Å². The summed E-state index contributed by atoms with van der Waals surface area (Å²) in [5, 5.41) is 20.9. The number of nitrogens with two attached hydrogens (primary N) is 1. The van der Waals surface area contributed by atoms with Gasteiger partial charge < -0.3 is 20.9 Å². The molecule has 0 unspecified atom stereocenters. The minimum atomic E-state index is -3.29. The number of aliphatic hydroxyl groups is 1. The maximum atomic E-state index is 12.4. The van der Waals surface area contributed by atoms with Crippen LogP contribution in [0.1, 0.15) is 28.5 Å². The quantitative estimate of drug-likeness (QED) is 0.607. The van der Waals surface area contributed by atoms with Crippen molar-refractivity contribution in [3.63, 3.8) is 0 Å². The molecule has 0 saturated heterocycles. The molecule has 2 rings (SSSR count). The zero-order valence-electron chi connectivity index (χ0n) is 15.3. The average molecular weight is 404 g/mol. The lowest BCUT2D eigenvalue weighted by Gasteiger charge is -2.14. The van der Waals surface area contributed by atoms with Crippen LogP contribution in [-0.4, -0.2) is 43.4 Å². The number of anilines is 1. The SMILES string of the molecule is C[C@@H](CO)Oc1nc(C(=O)NCc2ccc(S(C)(=O)=O)cc2)cc(N)c1C#N. The fourth-order valence-corrected chi connectivity index (χ4v) is 2.84. The van der Waals surface area contributed by atoms with Gasteiger partial charge in [-0.05, 0) is 30.7 Å². The molecule has 1 amide bonds. The molecular weight excluding hydrogens is 384 g/mol. The van der Waals surface area contributed by atoms with Gasteiger partial charge in [-0.1, -0.05) is 12.1 Å². The van der Waals surface area contributed by atoms with Crippen molar-refractivity contribution in [2.75, 3.05) is 18.6 Å². The van der Waals surface area contributed by atoms with Crippen LogP contribution in [0.25, 0.3) is 0 Å². The topological polar surface area (TPSA) is 155 Å². The van der Waals surface area contributed by atoms with Crippen LogP contribution in [0.2, 0.25) is 0 Å². The summed E-state index contributed by atoms with van der Waals surface area (Å²) in [5.74, 6) is -0.684. The van der Waals surface area contributed by atoms with Gasteiger partial charge in [0.1, 0.15) is 23.4 Å². The van der Waals surface area contributed by atoms with Crippen molar-refractivity contribution in [2.24, 2.45) is 0 Å². The normalized spacial score (nSPS) is 12.1. The number of aliphatic hydroxyl groups excluding tert-OH is 1. The van der Waals surface area contributed by atoms with Crippen LogP contribution in [-0.2, 0) is 16.4 Å². The van der Waals surface area contributed by atoms with Crippen LogP contribution in [0.5, 0.6) is 5.88 Å². The second kappa shape index (κ2) is 8.69. The highest BCUT2D eigenvalue weighted by Gasteiger charge is 2.18. The Morgan fingerprint density at radius 1 is 1.39 bits per heavy atom. The Balaban J connectivity index is 2.17. The molecule has 1 aromatic heterocycles. The first-order chi connectivity index (χ1) is 13.2. The van der Waals surface area contributed by atoms with Crippen LogP contribution in [0.15, 0.2) is 35.2 Å². The predicted molar refractivity (Wildman–Crippen MR) is 101 cm³/mol. The summed E-state index contributed by atoms with van der Waals surface area (Å²) in [4.78, 5) is 16.6. The third kappa shape index (κ3) is 5.18. The molecule has 0 aliphatic rings. The molecule has 10 heteroatoms. The van der Waals surface area contributed by atoms with E-state index in [0.717, 1.165) is 6.26 Å². The van der Waals surface area contributed by atoms with Gasteiger partial charge in [0.25, 0.3) is 5.91 Å². The van der Waals surface area contributed by atoms with E-state index >= 15 is 0 Å². The Kier molecular flexibility index (Phi) is 6.56. The third-order valence-corrected chi connectivity index (χ3v) is 4.86. The molecule has 0 fully saturated rings. The van der Waals surface area contributed by atoms with Gasteiger partial charge in [0.15, 0.2) is 9.84 Å². The van der Waals surface area contributed by atoms with Gasteiger partial charge in [-0.25, -0.2) is 13.4 Å². The highest BCUT2D eigenvalue weighted by Crippen LogP contribution is 2.23. The Morgan fingerprint density at radius 3 is 2.57 bits per heavy atom. The summed E-state index contributed by atoms with van der Waals surface area (Å²) in [7, 11) is -3.29. The number of hydrogen-bond donors (Lipinski definition) is 3. The van der Waals surface area contributed by atoms with Crippen LogP contribution in [0.4, 0.5) is 5.69 Å². The number of carbonyl (C=O) groups excluding carboxylic acids is 1. The number of sulfone groups is 1. The fraction of sp³-hybridized carbons (Fsp3) is 0.278. The van der Waals surface area contributed by atoms with Crippen LogP contribution >= 0.6 is 0 Å². The van der Waals surface area contributed by atoms with Crippen LogP contribution in [0.3, 0.4) is 0 Å². The Morgan fingerprint density at radius 2 is 2.04 bits per heavy atom. The summed E-state index contributed by atoms with van der Waals surface area (Å²) in [6.45, 7) is 1.41. The smallest absolute Gasteiger partial charge is 0.270 e. The number of nitrogens with one attached hydrogen (secondary N) is 1. The molecule has 1 heterocycles. The number of ether oxygens (including phenoxy) is 1. The monoisotopic (exact) mass is 404 g/mol. The van der Waals surface area contributed by atoms with Gasteiger partial charge in [-0.15, -0.1) is 0 Å². The molecule has 0 aliphatic carbocycles. The molecular formula is C18H20N4O5S. The van der Waals surface area contributed by atoms with Crippen LogP contribution in [0, 0.1) is 11.3 Å². The molecule has 4 N–H and O–H groups in total. The minimum absolute atomic E-state index is 0.0202. The van der Waals surface area contributed by atoms with Gasteiger partial charge in [-0.3, -0.25) is 4.79 Å². The maximum Gasteiger partial charge on any atom is 0.270 e. The lowest BCUT2D eigenvalue weighted by atomic mass is 10.2. The first-order valence-electron chi connectivity index (χ1n) is 8.21. The number of hydrogen-bond acceptors (Lipinski definition) is 8. The number of nitrogen functional groups attached to an aromatic ring is 1. The third-order valence-electron chi connectivity index (χ3n) is 3.74. The van der Waals surface area contributed by atoms with Gasteiger partial charge in [-0.2, -0.15) is 5.26 Å². The number of amides is 1. The largest absolute Gasteiger partial charge is 0.471 e. The highest BCUT2D eigenvalue weighted by atomic mass is 32.2. The number of carbonyl (C=O) groups is 1. The molecule has 9 nitrogen and oxygen atoms in total. The van der Waals surface area contributed by atoms with E-state index in [1.807, 2.05) is 6.07 Å². The molecule has 28 heavy (non-hydrogen) atoms. The van der Waals surface area contributed by atoms with Crippen molar-refractivity contribution in [3.8, 4) is 11.9 Å². The molecule has 148 valence electrons. The van der Waals surface area contributed by atoms with E-state index < -0.39 is 21.8 Å². The maximum absolute atomic E-state index is 12.4. The second-order valence-corrected chi connectivity index (χ2v) is 8.11. The number of aromatic nitrogens is 1. The molecule has 2 aromatic rings. The number of pyridine rings is 1. The summed E-state index contributed by atoms with van der Waals surface area (Å²) in [6, 6.07) is 9.22. The molecule has 0 aliphatic heterocycles. The fourth-order valence-electron chi connectivity index (χ4n) is 2.21. The van der Waals surface area contributed by atoms with Gasteiger partial charge >= 0.3 is 0 Å². The second-order valence-electron chi connectivity index (χ2n) is 6.10. The summed E-state index contributed by atoms with van der Waals surface area (Å²) in [6.07, 6.45) is 0.480. The summed E-state index contributed by atoms with van der Waals surface area (Å²) in [5.41, 5.74) is 6.45. The van der Waals surface area contributed by atoms with E-state index in [2.05, 4.69) is 10.3 Å². The first kappa shape index (κ1) is 21.1.